The van der Waals surface area contributed by atoms with Gasteiger partial charge in [-0.15, -0.1) is 0 Å². The van der Waals surface area contributed by atoms with Gasteiger partial charge in [-0.2, -0.15) is 15.0 Å². The van der Waals surface area contributed by atoms with Crippen LogP contribution >= 0.6 is 11.6 Å². The molecular formula is C8H14ClN5. The van der Waals surface area contributed by atoms with Gasteiger partial charge < -0.3 is 10.6 Å². The van der Waals surface area contributed by atoms with Gasteiger partial charge >= 0.3 is 0 Å². The summed E-state index contributed by atoms with van der Waals surface area (Å²) in [6.45, 7) is 4.17. The highest BCUT2D eigenvalue weighted by Crippen LogP contribution is 2.13. The van der Waals surface area contributed by atoms with Crippen molar-refractivity contribution in [2.24, 2.45) is 0 Å². The van der Waals surface area contributed by atoms with Crippen LogP contribution in [-0.2, 0) is 0 Å². The SMILES string of the molecule is CCC(C)N(C)c1nc(N)nc(Cl)n1. The number of anilines is 2. The molecule has 0 fully saturated rings. The van der Waals surface area contributed by atoms with Gasteiger partial charge in [-0.25, -0.2) is 0 Å². The van der Waals surface area contributed by atoms with E-state index in [1.807, 2.05) is 11.9 Å². The Morgan fingerprint density at radius 3 is 2.57 bits per heavy atom. The Bertz CT molecular complexity index is 296. The molecule has 0 amide bonds. The van der Waals surface area contributed by atoms with E-state index >= 15 is 0 Å². The Morgan fingerprint density at radius 2 is 2.07 bits per heavy atom. The van der Waals surface area contributed by atoms with Crippen molar-refractivity contribution < 1.29 is 0 Å². The third kappa shape index (κ3) is 2.45. The molecule has 0 saturated carbocycles. The monoisotopic (exact) mass is 215 g/mol. The van der Waals surface area contributed by atoms with Gasteiger partial charge in [0.1, 0.15) is 0 Å². The van der Waals surface area contributed by atoms with Crippen LogP contribution < -0.4 is 10.6 Å². The van der Waals surface area contributed by atoms with Gasteiger partial charge in [0, 0.05) is 13.1 Å². The van der Waals surface area contributed by atoms with Crippen LogP contribution in [0.15, 0.2) is 0 Å². The minimum Gasteiger partial charge on any atom is -0.368 e. The summed E-state index contributed by atoms with van der Waals surface area (Å²) in [7, 11) is 1.90. The number of halogens is 1. The summed E-state index contributed by atoms with van der Waals surface area (Å²) in [6.07, 6.45) is 1.000. The van der Waals surface area contributed by atoms with E-state index in [9.17, 15) is 0 Å². The Hall–Kier alpha value is -1.10. The zero-order valence-corrected chi connectivity index (χ0v) is 9.28. The minimum atomic E-state index is 0.127. The molecule has 0 bridgehead atoms. The standard InChI is InChI=1S/C8H14ClN5/c1-4-5(2)14(3)8-12-6(9)11-7(10)13-8/h5H,4H2,1-3H3,(H2,10,11,12,13). The van der Waals surface area contributed by atoms with Gasteiger partial charge in [0.15, 0.2) is 0 Å². The molecule has 0 saturated heterocycles. The molecule has 6 heteroatoms. The Kier molecular flexibility index (Phi) is 3.46. The van der Waals surface area contributed by atoms with Crippen molar-refractivity contribution >= 4 is 23.5 Å². The van der Waals surface area contributed by atoms with Crippen molar-refractivity contribution in [1.29, 1.82) is 0 Å². The molecule has 1 aromatic heterocycles. The Morgan fingerprint density at radius 1 is 1.43 bits per heavy atom. The first-order chi connectivity index (χ1) is 6.54. The molecule has 1 rings (SSSR count). The minimum absolute atomic E-state index is 0.127. The fourth-order valence-corrected chi connectivity index (χ4v) is 1.15. The smallest absolute Gasteiger partial charge is 0.231 e. The van der Waals surface area contributed by atoms with Crippen LogP contribution in [0.2, 0.25) is 5.28 Å². The second kappa shape index (κ2) is 4.41. The van der Waals surface area contributed by atoms with Crippen molar-refractivity contribution in [2.75, 3.05) is 17.7 Å². The molecule has 1 aromatic rings. The van der Waals surface area contributed by atoms with Gasteiger partial charge in [0.05, 0.1) is 0 Å². The van der Waals surface area contributed by atoms with Crippen LogP contribution in [0.4, 0.5) is 11.9 Å². The number of aromatic nitrogens is 3. The van der Waals surface area contributed by atoms with E-state index in [2.05, 4.69) is 28.8 Å². The van der Waals surface area contributed by atoms with Gasteiger partial charge in [-0.3, -0.25) is 0 Å². The first kappa shape index (κ1) is 11.0. The first-order valence-electron chi connectivity index (χ1n) is 4.44. The molecule has 2 N–H and O–H groups in total. The number of rotatable bonds is 3. The molecule has 1 atom stereocenters. The summed E-state index contributed by atoms with van der Waals surface area (Å²) in [5.41, 5.74) is 5.47. The lowest BCUT2D eigenvalue weighted by Crippen LogP contribution is -2.30. The van der Waals surface area contributed by atoms with Crippen molar-refractivity contribution in [3.8, 4) is 0 Å². The fraction of sp³-hybridized carbons (Fsp3) is 0.625. The van der Waals surface area contributed by atoms with E-state index in [0.717, 1.165) is 6.42 Å². The molecule has 0 spiro atoms. The second-order valence-corrected chi connectivity index (χ2v) is 3.47. The van der Waals surface area contributed by atoms with E-state index in [1.165, 1.54) is 0 Å². The summed E-state index contributed by atoms with van der Waals surface area (Å²) in [5.74, 6) is 0.659. The zero-order chi connectivity index (χ0) is 10.7. The third-order valence-corrected chi connectivity index (χ3v) is 2.35. The van der Waals surface area contributed by atoms with Crippen LogP contribution in [0.25, 0.3) is 0 Å². The van der Waals surface area contributed by atoms with Crippen LogP contribution in [0.1, 0.15) is 20.3 Å². The molecule has 0 aliphatic carbocycles. The quantitative estimate of drug-likeness (QED) is 0.824. The van der Waals surface area contributed by atoms with Gasteiger partial charge in [0.25, 0.3) is 0 Å². The molecule has 0 aliphatic rings. The zero-order valence-electron chi connectivity index (χ0n) is 8.53. The lowest BCUT2D eigenvalue weighted by Gasteiger charge is -2.23. The van der Waals surface area contributed by atoms with Crippen molar-refractivity contribution in [1.82, 2.24) is 15.0 Å². The first-order valence-corrected chi connectivity index (χ1v) is 4.82. The largest absolute Gasteiger partial charge is 0.368 e. The molecule has 14 heavy (non-hydrogen) atoms. The normalized spacial score (nSPS) is 12.6. The van der Waals surface area contributed by atoms with E-state index < -0.39 is 0 Å². The predicted molar refractivity (Wildman–Crippen MR) is 57.4 cm³/mol. The maximum absolute atomic E-state index is 5.67. The molecular weight excluding hydrogens is 202 g/mol. The van der Waals surface area contributed by atoms with Gasteiger partial charge in [-0.05, 0) is 24.9 Å². The topological polar surface area (TPSA) is 67.9 Å². The van der Waals surface area contributed by atoms with E-state index in [4.69, 9.17) is 17.3 Å². The predicted octanol–water partition coefficient (Wildman–Crippen LogP) is 1.34. The third-order valence-electron chi connectivity index (χ3n) is 2.18. The number of hydrogen-bond acceptors (Lipinski definition) is 5. The van der Waals surface area contributed by atoms with Crippen LogP contribution in [-0.4, -0.2) is 28.0 Å². The highest BCUT2D eigenvalue weighted by atomic mass is 35.5. The number of nitrogen functional groups attached to an aromatic ring is 1. The summed E-state index contributed by atoms with van der Waals surface area (Å²) in [5, 5.41) is 0.127. The number of nitrogens with zero attached hydrogens (tertiary/aromatic N) is 4. The molecule has 5 nitrogen and oxygen atoms in total. The van der Waals surface area contributed by atoms with Crippen LogP contribution in [0.3, 0.4) is 0 Å². The van der Waals surface area contributed by atoms with E-state index in [-0.39, 0.29) is 11.2 Å². The van der Waals surface area contributed by atoms with Crippen molar-refractivity contribution in [3.63, 3.8) is 0 Å². The molecule has 1 heterocycles. The maximum Gasteiger partial charge on any atom is 0.231 e. The molecule has 1 unspecified atom stereocenters. The summed E-state index contributed by atoms with van der Waals surface area (Å²) in [6, 6.07) is 0.341. The molecule has 0 radical (unpaired) electrons. The maximum atomic E-state index is 5.67. The molecule has 78 valence electrons. The second-order valence-electron chi connectivity index (χ2n) is 3.13. The number of nitrogens with two attached hydrogens (primary N) is 1. The van der Waals surface area contributed by atoms with E-state index in [1.54, 1.807) is 0 Å². The highest BCUT2D eigenvalue weighted by molar-refractivity contribution is 6.28. The van der Waals surface area contributed by atoms with Gasteiger partial charge in [-0.1, -0.05) is 6.92 Å². The Labute approximate surface area is 88.3 Å². The fourth-order valence-electron chi connectivity index (χ4n) is 0.983. The summed E-state index contributed by atoms with van der Waals surface area (Å²) >= 11 is 5.67. The van der Waals surface area contributed by atoms with Gasteiger partial charge in [0.2, 0.25) is 17.2 Å². The number of hydrogen-bond donors (Lipinski definition) is 1. The Balaban J connectivity index is 2.94. The lowest BCUT2D eigenvalue weighted by atomic mass is 10.2. The molecule has 0 aliphatic heterocycles. The van der Waals surface area contributed by atoms with Crippen LogP contribution in [0.5, 0.6) is 0 Å². The average molecular weight is 216 g/mol. The molecule has 0 aromatic carbocycles. The van der Waals surface area contributed by atoms with E-state index in [0.29, 0.717) is 12.0 Å². The van der Waals surface area contributed by atoms with Crippen molar-refractivity contribution in [2.45, 2.75) is 26.3 Å². The van der Waals surface area contributed by atoms with Crippen LogP contribution in [0, 0.1) is 0 Å². The highest BCUT2D eigenvalue weighted by Gasteiger charge is 2.12. The average Bonchev–Trinajstić information content (AvgIpc) is 2.14. The summed E-state index contributed by atoms with van der Waals surface area (Å²) in [4.78, 5) is 13.6. The van der Waals surface area contributed by atoms with Crippen molar-refractivity contribution in [3.05, 3.63) is 5.28 Å². The summed E-state index contributed by atoms with van der Waals surface area (Å²) < 4.78 is 0. The lowest BCUT2D eigenvalue weighted by molar-refractivity contribution is 0.647.